The van der Waals surface area contributed by atoms with E-state index in [9.17, 15) is 13.2 Å². The van der Waals surface area contributed by atoms with Crippen LogP contribution in [0.5, 0.6) is 0 Å². The van der Waals surface area contributed by atoms with Gasteiger partial charge in [0.15, 0.2) is 0 Å². The first-order chi connectivity index (χ1) is 15.4. The summed E-state index contributed by atoms with van der Waals surface area (Å²) in [6.07, 6.45) is 6.14. The largest absolute Gasteiger partial charge is 0.352 e. The highest BCUT2D eigenvalue weighted by molar-refractivity contribution is 7.89. The molecule has 3 aromatic rings. The summed E-state index contributed by atoms with van der Waals surface area (Å²) >= 11 is 0. The normalized spacial score (nSPS) is 14.5. The van der Waals surface area contributed by atoms with Gasteiger partial charge >= 0.3 is 0 Å². The van der Waals surface area contributed by atoms with Gasteiger partial charge in [-0.2, -0.15) is 5.10 Å². The van der Waals surface area contributed by atoms with E-state index in [0.717, 1.165) is 42.6 Å². The molecule has 1 fully saturated rings. The maximum atomic E-state index is 12.6. The van der Waals surface area contributed by atoms with Crippen molar-refractivity contribution in [3.05, 3.63) is 77.6 Å². The van der Waals surface area contributed by atoms with Crippen molar-refractivity contribution in [3.8, 4) is 5.69 Å². The van der Waals surface area contributed by atoms with E-state index in [1.54, 1.807) is 35.1 Å². The molecule has 1 amide bonds. The lowest BCUT2D eigenvalue weighted by molar-refractivity contribution is 0.0953. The van der Waals surface area contributed by atoms with Crippen LogP contribution < -0.4 is 10.0 Å². The van der Waals surface area contributed by atoms with E-state index in [-0.39, 0.29) is 16.8 Å². The summed E-state index contributed by atoms with van der Waals surface area (Å²) in [5, 5.41) is 7.26. The molecule has 0 unspecified atom stereocenters. The zero-order chi connectivity index (χ0) is 22.6. The summed E-state index contributed by atoms with van der Waals surface area (Å²) in [5.41, 5.74) is 3.18. The Kier molecular flexibility index (Phi) is 6.72. The number of nitrogens with zero attached hydrogens (tertiary/aromatic N) is 2. The molecule has 0 aliphatic heterocycles. The van der Waals surface area contributed by atoms with E-state index in [2.05, 4.69) is 15.1 Å². The van der Waals surface area contributed by atoms with Gasteiger partial charge < -0.3 is 5.32 Å². The van der Waals surface area contributed by atoms with Gasteiger partial charge in [0.05, 0.1) is 28.0 Å². The number of aromatic nitrogens is 2. The predicted octanol–water partition coefficient (Wildman–Crippen LogP) is 3.37. The summed E-state index contributed by atoms with van der Waals surface area (Å²) < 4.78 is 29.6. The fraction of sp³-hybridized carbons (Fsp3) is 0.333. The van der Waals surface area contributed by atoms with Gasteiger partial charge in [0.25, 0.3) is 5.91 Å². The number of nitrogens with one attached hydrogen (secondary N) is 2. The molecule has 32 heavy (non-hydrogen) atoms. The fourth-order valence-electron chi connectivity index (χ4n) is 4.04. The highest BCUT2D eigenvalue weighted by atomic mass is 32.2. The molecule has 168 valence electrons. The summed E-state index contributed by atoms with van der Waals surface area (Å²) in [4.78, 5) is 12.9. The number of carbonyl (C=O) groups excluding carboxylic acids is 1. The molecule has 8 heteroatoms. The van der Waals surface area contributed by atoms with Crippen molar-refractivity contribution in [1.82, 2.24) is 19.8 Å². The molecule has 0 saturated heterocycles. The van der Waals surface area contributed by atoms with Gasteiger partial charge in [0.1, 0.15) is 0 Å². The third-order valence-corrected chi connectivity index (χ3v) is 7.40. The average Bonchev–Trinajstić information content (AvgIpc) is 3.44. The number of rotatable bonds is 8. The first-order valence-corrected chi connectivity index (χ1v) is 12.4. The van der Waals surface area contributed by atoms with Crippen molar-refractivity contribution in [3.63, 3.8) is 0 Å². The van der Waals surface area contributed by atoms with Gasteiger partial charge in [-0.25, -0.2) is 17.8 Å². The van der Waals surface area contributed by atoms with Crippen LogP contribution in [0.4, 0.5) is 0 Å². The molecule has 1 aliphatic carbocycles. The second kappa shape index (κ2) is 9.67. The van der Waals surface area contributed by atoms with Crippen LogP contribution in [0, 0.1) is 6.92 Å². The highest BCUT2D eigenvalue weighted by Crippen LogP contribution is 2.20. The van der Waals surface area contributed by atoms with Gasteiger partial charge in [0, 0.05) is 12.6 Å². The van der Waals surface area contributed by atoms with Crippen molar-refractivity contribution in [1.29, 1.82) is 0 Å². The zero-order valence-electron chi connectivity index (χ0n) is 18.1. The lowest BCUT2D eigenvalue weighted by Crippen LogP contribution is -2.32. The van der Waals surface area contributed by atoms with Crippen LogP contribution in [0.1, 0.15) is 47.3 Å². The Morgan fingerprint density at radius 3 is 2.44 bits per heavy atom. The first-order valence-electron chi connectivity index (χ1n) is 10.9. The van der Waals surface area contributed by atoms with Crippen molar-refractivity contribution in [2.75, 3.05) is 6.54 Å². The fourth-order valence-corrected chi connectivity index (χ4v) is 5.35. The maximum absolute atomic E-state index is 12.6. The number of amides is 1. The van der Waals surface area contributed by atoms with Crippen LogP contribution in [0.15, 0.2) is 65.7 Å². The van der Waals surface area contributed by atoms with Gasteiger partial charge in [-0.05, 0) is 56.0 Å². The standard InChI is InChI=1S/C24H28N4O3S/c1-18-23(17-26-28(18)21-9-3-2-4-10-21)24(29)25-16-15-19-11-13-22(14-12-19)32(30,31)27-20-7-5-6-8-20/h2-4,9-14,17,20,27H,5-8,15-16H2,1H3,(H,25,29). The van der Waals surface area contributed by atoms with E-state index in [0.29, 0.717) is 18.5 Å². The third-order valence-electron chi connectivity index (χ3n) is 5.87. The number of hydrogen-bond donors (Lipinski definition) is 2. The van der Waals surface area contributed by atoms with Crippen molar-refractivity contribution in [2.24, 2.45) is 0 Å². The van der Waals surface area contributed by atoms with Gasteiger partial charge in [0.2, 0.25) is 10.0 Å². The third kappa shape index (κ3) is 5.08. The molecule has 7 nitrogen and oxygen atoms in total. The summed E-state index contributed by atoms with van der Waals surface area (Å²) in [7, 11) is -3.48. The van der Waals surface area contributed by atoms with E-state index >= 15 is 0 Å². The van der Waals surface area contributed by atoms with Crippen LogP contribution >= 0.6 is 0 Å². The molecule has 0 atom stereocenters. The van der Waals surface area contributed by atoms with E-state index < -0.39 is 10.0 Å². The molecule has 0 bridgehead atoms. The van der Waals surface area contributed by atoms with E-state index in [1.165, 1.54) is 0 Å². The number of hydrogen-bond acceptors (Lipinski definition) is 4. The number of sulfonamides is 1. The van der Waals surface area contributed by atoms with Crippen LogP contribution in [0.3, 0.4) is 0 Å². The van der Waals surface area contributed by atoms with Gasteiger partial charge in [-0.1, -0.05) is 43.2 Å². The molecular formula is C24H28N4O3S. The molecule has 0 radical (unpaired) electrons. The van der Waals surface area contributed by atoms with Crippen LogP contribution in [0.2, 0.25) is 0 Å². The topological polar surface area (TPSA) is 93.1 Å². The molecule has 1 heterocycles. The Bertz CT molecular complexity index is 1170. The summed E-state index contributed by atoms with van der Waals surface area (Å²) in [6.45, 7) is 2.31. The number of carbonyl (C=O) groups is 1. The second-order valence-electron chi connectivity index (χ2n) is 8.14. The quantitative estimate of drug-likeness (QED) is 0.548. The molecule has 0 spiro atoms. The molecule has 1 aliphatic rings. The Hall–Kier alpha value is -2.97. The minimum Gasteiger partial charge on any atom is -0.352 e. The van der Waals surface area contributed by atoms with E-state index in [1.807, 2.05) is 37.3 Å². The van der Waals surface area contributed by atoms with Crippen LogP contribution in [0.25, 0.3) is 5.69 Å². The first kappa shape index (κ1) is 22.2. The van der Waals surface area contributed by atoms with Gasteiger partial charge in [-0.3, -0.25) is 4.79 Å². The predicted molar refractivity (Wildman–Crippen MR) is 123 cm³/mol. The Labute approximate surface area is 188 Å². The molecule has 2 aromatic carbocycles. The second-order valence-corrected chi connectivity index (χ2v) is 9.86. The lowest BCUT2D eigenvalue weighted by atomic mass is 10.1. The van der Waals surface area contributed by atoms with Crippen LogP contribution in [-0.2, 0) is 16.4 Å². The Morgan fingerprint density at radius 2 is 1.75 bits per heavy atom. The average molecular weight is 453 g/mol. The SMILES string of the molecule is Cc1c(C(=O)NCCc2ccc(S(=O)(=O)NC3CCCC3)cc2)cnn1-c1ccccc1. The van der Waals surface area contributed by atoms with Crippen LogP contribution in [-0.4, -0.2) is 36.7 Å². The summed E-state index contributed by atoms with van der Waals surface area (Å²) in [5.74, 6) is -0.176. The van der Waals surface area contributed by atoms with Crippen molar-refractivity contribution in [2.45, 2.75) is 50.0 Å². The van der Waals surface area contributed by atoms with Crippen molar-refractivity contribution < 1.29 is 13.2 Å². The number of benzene rings is 2. The zero-order valence-corrected chi connectivity index (χ0v) is 18.9. The Balaban J connectivity index is 1.32. The maximum Gasteiger partial charge on any atom is 0.254 e. The minimum absolute atomic E-state index is 0.0459. The molecule has 2 N–H and O–H groups in total. The smallest absolute Gasteiger partial charge is 0.254 e. The highest BCUT2D eigenvalue weighted by Gasteiger charge is 2.22. The van der Waals surface area contributed by atoms with Gasteiger partial charge in [-0.15, -0.1) is 0 Å². The summed E-state index contributed by atoms with van der Waals surface area (Å²) in [6, 6.07) is 16.6. The van der Waals surface area contributed by atoms with Crippen molar-refractivity contribution >= 4 is 15.9 Å². The number of para-hydroxylation sites is 1. The lowest BCUT2D eigenvalue weighted by Gasteiger charge is -2.13. The monoisotopic (exact) mass is 452 g/mol. The van der Waals surface area contributed by atoms with E-state index in [4.69, 9.17) is 0 Å². The minimum atomic E-state index is -3.48. The molecule has 1 aromatic heterocycles. The Morgan fingerprint density at radius 1 is 1.06 bits per heavy atom. The molecular weight excluding hydrogens is 424 g/mol. The molecule has 1 saturated carbocycles. The molecule has 4 rings (SSSR count).